The lowest BCUT2D eigenvalue weighted by Gasteiger charge is -2.34. The minimum absolute atomic E-state index is 0.0778. The Kier molecular flexibility index (Phi) is 7.93. The van der Waals surface area contributed by atoms with E-state index in [0.717, 1.165) is 18.9 Å². The summed E-state index contributed by atoms with van der Waals surface area (Å²) in [6.07, 6.45) is 3.10. The molecular formula is C23H30F4O3. The summed E-state index contributed by atoms with van der Waals surface area (Å²) >= 11 is 0. The average molecular weight is 430 g/mol. The van der Waals surface area contributed by atoms with E-state index < -0.39 is 40.9 Å². The van der Waals surface area contributed by atoms with E-state index in [2.05, 4.69) is 0 Å². The van der Waals surface area contributed by atoms with Gasteiger partial charge in [0.1, 0.15) is 11.6 Å². The highest BCUT2D eigenvalue weighted by atomic mass is 19.2. The first-order valence-electron chi connectivity index (χ1n) is 10.8. The maximum absolute atomic E-state index is 14.7. The Morgan fingerprint density at radius 3 is 2.37 bits per heavy atom. The van der Waals surface area contributed by atoms with Crippen molar-refractivity contribution >= 4 is 5.83 Å². The third kappa shape index (κ3) is 5.42. The Balaban J connectivity index is 1.67. The van der Waals surface area contributed by atoms with Gasteiger partial charge in [-0.3, -0.25) is 0 Å². The number of halogens is 4. The average Bonchev–Trinajstić information content (AvgIpc) is 2.74. The number of benzene rings is 1. The molecule has 0 bridgehead atoms. The number of rotatable bonds is 7. The van der Waals surface area contributed by atoms with Crippen LogP contribution in [0.1, 0.15) is 69.8 Å². The van der Waals surface area contributed by atoms with Crippen molar-refractivity contribution in [3.63, 3.8) is 0 Å². The van der Waals surface area contributed by atoms with Gasteiger partial charge in [-0.05, 0) is 37.8 Å². The molecule has 3 rings (SSSR count). The van der Waals surface area contributed by atoms with Crippen LogP contribution in [0, 0.1) is 11.7 Å². The summed E-state index contributed by atoms with van der Waals surface area (Å²) in [6, 6.07) is 3.63. The molecule has 2 heterocycles. The van der Waals surface area contributed by atoms with Crippen LogP contribution >= 0.6 is 0 Å². The maximum atomic E-state index is 14.7. The van der Waals surface area contributed by atoms with Gasteiger partial charge in [-0.2, -0.15) is 0 Å². The number of hydrogen-bond acceptors (Lipinski definition) is 3. The Bertz CT molecular complexity index is 736. The molecule has 0 N–H and O–H groups in total. The van der Waals surface area contributed by atoms with Gasteiger partial charge < -0.3 is 14.2 Å². The van der Waals surface area contributed by atoms with E-state index in [0.29, 0.717) is 31.2 Å². The monoisotopic (exact) mass is 430 g/mol. The van der Waals surface area contributed by atoms with Crippen molar-refractivity contribution in [2.45, 2.75) is 70.4 Å². The van der Waals surface area contributed by atoms with Crippen LogP contribution in [0.5, 0.6) is 0 Å². The summed E-state index contributed by atoms with van der Waals surface area (Å²) in [6.45, 7) is 3.70. The second-order valence-electron chi connectivity index (χ2n) is 8.27. The summed E-state index contributed by atoms with van der Waals surface area (Å²) in [4.78, 5) is 0. The fraction of sp³-hybridized carbons (Fsp3) is 0.652. The van der Waals surface area contributed by atoms with Gasteiger partial charge in [-0.15, -0.1) is 0 Å². The van der Waals surface area contributed by atoms with Gasteiger partial charge in [0.05, 0.1) is 25.9 Å². The lowest BCUT2D eigenvalue weighted by atomic mass is 9.94. The molecule has 1 aromatic rings. The molecular weight excluding hydrogens is 400 g/mol. The van der Waals surface area contributed by atoms with Gasteiger partial charge in [-0.25, -0.2) is 17.6 Å². The molecule has 0 amide bonds. The van der Waals surface area contributed by atoms with Gasteiger partial charge in [0, 0.05) is 17.0 Å². The number of ether oxygens (including phenoxy) is 3. The zero-order chi connectivity index (χ0) is 21.7. The first kappa shape index (κ1) is 23.2. The first-order valence-corrected chi connectivity index (χ1v) is 10.8. The predicted octanol–water partition coefficient (Wildman–Crippen LogP) is 6.58. The molecule has 30 heavy (non-hydrogen) atoms. The summed E-state index contributed by atoms with van der Waals surface area (Å²) in [5.74, 6) is -3.82. The van der Waals surface area contributed by atoms with Crippen LogP contribution in [0.25, 0.3) is 5.83 Å². The predicted molar refractivity (Wildman–Crippen MR) is 106 cm³/mol. The molecule has 0 radical (unpaired) electrons. The van der Waals surface area contributed by atoms with E-state index in [1.165, 1.54) is 12.1 Å². The molecule has 2 unspecified atom stereocenters. The Hall–Kier alpha value is -1.44. The van der Waals surface area contributed by atoms with E-state index in [4.69, 9.17) is 14.2 Å². The highest BCUT2D eigenvalue weighted by Gasteiger charge is 2.37. The molecule has 0 aliphatic carbocycles. The Labute approximate surface area is 175 Å². The fourth-order valence-corrected chi connectivity index (χ4v) is 4.04. The van der Waals surface area contributed by atoms with Crippen molar-refractivity contribution in [2.75, 3.05) is 19.8 Å². The minimum atomic E-state index is -1.56. The fourth-order valence-electron chi connectivity index (χ4n) is 4.04. The summed E-state index contributed by atoms with van der Waals surface area (Å²) < 4.78 is 74.7. The third-order valence-electron chi connectivity index (χ3n) is 5.74. The largest absolute Gasteiger partial charge is 0.377 e. The molecule has 0 spiro atoms. The maximum Gasteiger partial charge on any atom is 0.184 e. The normalized spacial score (nSPS) is 30.8. The van der Waals surface area contributed by atoms with Crippen molar-refractivity contribution in [3.8, 4) is 0 Å². The van der Waals surface area contributed by atoms with E-state index in [9.17, 15) is 17.6 Å². The topological polar surface area (TPSA) is 27.7 Å². The minimum Gasteiger partial charge on any atom is -0.377 e. The standard InChI is InChI=1S/C23H30F4O3/c1-3-5-17-8-6-16(12-28-17)20(25)21(26)18-9-7-15(11-19(18)24)22-29-13-23(27,10-4-2)14-30-22/h7,9,11,16-17,22H,3-6,8,10,12-14H2,1-2H3/b21-20+. The Morgan fingerprint density at radius 1 is 1.07 bits per heavy atom. The first-order chi connectivity index (χ1) is 14.4. The van der Waals surface area contributed by atoms with Crippen molar-refractivity contribution < 1.29 is 31.8 Å². The second kappa shape index (κ2) is 10.2. The van der Waals surface area contributed by atoms with Crippen LogP contribution in [0.3, 0.4) is 0 Å². The van der Waals surface area contributed by atoms with Crippen molar-refractivity contribution in [3.05, 3.63) is 41.0 Å². The SMILES string of the molecule is CCCC1CCC(/C(F)=C(\F)c2ccc(C3OCC(F)(CCC)CO3)cc2F)CO1. The Morgan fingerprint density at radius 2 is 1.80 bits per heavy atom. The van der Waals surface area contributed by atoms with Gasteiger partial charge in [0.15, 0.2) is 17.8 Å². The zero-order valence-electron chi connectivity index (χ0n) is 17.6. The van der Waals surface area contributed by atoms with Crippen LogP contribution in [-0.2, 0) is 14.2 Å². The molecule has 0 aromatic heterocycles. The molecule has 2 saturated heterocycles. The molecule has 2 atom stereocenters. The van der Waals surface area contributed by atoms with Crippen LogP contribution in [0.15, 0.2) is 24.0 Å². The van der Waals surface area contributed by atoms with Gasteiger partial charge in [-0.1, -0.05) is 32.8 Å². The molecule has 2 aliphatic rings. The van der Waals surface area contributed by atoms with E-state index in [1.807, 2.05) is 13.8 Å². The summed E-state index contributed by atoms with van der Waals surface area (Å²) in [5, 5.41) is 0. The molecule has 2 fully saturated rings. The highest BCUT2D eigenvalue weighted by molar-refractivity contribution is 5.62. The molecule has 3 nitrogen and oxygen atoms in total. The zero-order valence-corrected chi connectivity index (χ0v) is 17.6. The van der Waals surface area contributed by atoms with E-state index >= 15 is 0 Å². The number of hydrogen-bond donors (Lipinski definition) is 0. The number of alkyl halides is 1. The van der Waals surface area contributed by atoms with E-state index in [-0.39, 0.29) is 25.9 Å². The van der Waals surface area contributed by atoms with Gasteiger partial charge >= 0.3 is 0 Å². The second-order valence-corrected chi connectivity index (χ2v) is 8.27. The van der Waals surface area contributed by atoms with Crippen LogP contribution < -0.4 is 0 Å². The highest BCUT2D eigenvalue weighted by Crippen LogP contribution is 2.36. The van der Waals surface area contributed by atoms with Crippen LogP contribution in [-0.4, -0.2) is 31.6 Å². The van der Waals surface area contributed by atoms with Crippen molar-refractivity contribution in [2.24, 2.45) is 5.92 Å². The van der Waals surface area contributed by atoms with Gasteiger partial charge in [0.2, 0.25) is 0 Å². The molecule has 7 heteroatoms. The van der Waals surface area contributed by atoms with Crippen molar-refractivity contribution in [1.29, 1.82) is 0 Å². The smallest absolute Gasteiger partial charge is 0.184 e. The summed E-state index contributed by atoms with van der Waals surface area (Å²) in [7, 11) is 0. The lowest BCUT2D eigenvalue weighted by molar-refractivity contribution is -0.239. The molecule has 168 valence electrons. The molecule has 1 aromatic carbocycles. The van der Waals surface area contributed by atoms with Crippen LogP contribution in [0.4, 0.5) is 17.6 Å². The van der Waals surface area contributed by atoms with E-state index in [1.54, 1.807) is 0 Å². The lowest BCUT2D eigenvalue weighted by Crippen LogP contribution is -2.41. The molecule has 2 aliphatic heterocycles. The van der Waals surface area contributed by atoms with Crippen LogP contribution in [0.2, 0.25) is 0 Å². The summed E-state index contributed by atoms with van der Waals surface area (Å²) in [5.41, 5.74) is -1.71. The third-order valence-corrected chi connectivity index (χ3v) is 5.74. The quantitative estimate of drug-likeness (QED) is 0.457. The van der Waals surface area contributed by atoms with Gasteiger partial charge in [0.25, 0.3) is 0 Å². The molecule has 0 saturated carbocycles. The van der Waals surface area contributed by atoms with Crippen molar-refractivity contribution in [1.82, 2.24) is 0 Å².